The predicted molar refractivity (Wildman–Crippen MR) is 122 cm³/mol. The van der Waals surface area contributed by atoms with Gasteiger partial charge in [0.25, 0.3) is 11.5 Å². The lowest BCUT2D eigenvalue weighted by atomic mass is 10.2. The van der Waals surface area contributed by atoms with E-state index in [1.165, 1.54) is 22.9 Å². The van der Waals surface area contributed by atoms with E-state index in [0.717, 1.165) is 6.20 Å². The summed E-state index contributed by atoms with van der Waals surface area (Å²) < 4.78 is 15.7. The van der Waals surface area contributed by atoms with Gasteiger partial charge in [-0.15, -0.1) is 0 Å². The van der Waals surface area contributed by atoms with Crippen molar-refractivity contribution in [2.75, 3.05) is 25.0 Å². The second kappa shape index (κ2) is 7.91. The van der Waals surface area contributed by atoms with Gasteiger partial charge >= 0.3 is 0 Å². The van der Waals surface area contributed by atoms with Crippen LogP contribution in [0.4, 0.5) is 10.3 Å². The molecule has 33 heavy (non-hydrogen) atoms. The van der Waals surface area contributed by atoms with E-state index < -0.39 is 5.82 Å². The van der Waals surface area contributed by atoms with Gasteiger partial charge in [-0.3, -0.25) is 19.1 Å². The normalized spacial score (nSPS) is 21.1. The van der Waals surface area contributed by atoms with Crippen LogP contribution in [-0.4, -0.2) is 56.5 Å². The molecule has 3 aromatic heterocycles. The number of fused-ring (bicyclic) bond motifs is 1. The Hall–Kier alpha value is -3.33. The van der Waals surface area contributed by atoms with Crippen LogP contribution in [0.5, 0.6) is 0 Å². The Morgan fingerprint density at radius 2 is 1.94 bits per heavy atom. The highest BCUT2D eigenvalue weighted by atomic mass is 35.5. The number of aryl methyl sites for hydroxylation is 1. The molecule has 1 unspecified atom stereocenters. The van der Waals surface area contributed by atoms with Crippen LogP contribution in [-0.2, 0) is 7.05 Å². The van der Waals surface area contributed by atoms with Crippen molar-refractivity contribution >= 4 is 23.5 Å². The molecular formula is C23H22ClFN6O2. The summed E-state index contributed by atoms with van der Waals surface area (Å²) in [5.41, 5.74) is 1.47. The quantitative estimate of drug-likeness (QED) is 0.547. The van der Waals surface area contributed by atoms with E-state index in [-0.39, 0.29) is 40.6 Å². The zero-order valence-electron chi connectivity index (χ0n) is 18.4. The predicted octanol–water partition coefficient (Wildman–Crippen LogP) is 2.55. The average Bonchev–Trinajstić information content (AvgIpc) is 3.27. The number of carbonyl (C=O) groups is 1. The van der Waals surface area contributed by atoms with Crippen LogP contribution >= 0.6 is 11.6 Å². The molecule has 170 valence electrons. The zero-order chi connectivity index (χ0) is 23.4. The molecule has 0 aromatic carbocycles. The van der Waals surface area contributed by atoms with Crippen molar-refractivity contribution < 1.29 is 9.18 Å². The molecule has 0 N–H and O–H groups in total. The third-order valence-corrected chi connectivity index (χ3v) is 6.72. The number of hydrogen-bond acceptors (Lipinski definition) is 6. The molecule has 1 amide bonds. The maximum Gasteiger partial charge on any atom is 0.255 e. The van der Waals surface area contributed by atoms with Crippen molar-refractivity contribution in [3.63, 3.8) is 0 Å². The highest BCUT2D eigenvalue weighted by Gasteiger charge is 2.59. The molecule has 0 spiro atoms. The van der Waals surface area contributed by atoms with Crippen molar-refractivity contribution in [3.05, 3.63) is 69.2 Å². The molecular weight excluding hydrogens is 447 g/mol. The molecule has 0 bridgehead atoms. The summed E-state index contributed by atoms with van der Waals surface area (Å²) in [5, 5.41) is 0.304. The first-order valence-electron chi connectivity index (χ1n) is 10.6. The van der Waals surface area contributed by atoms with E-state index >= 15 is 0 Å². The molecule has 10 heteroatoms. The van der Waals surface area contributed by atoms with E-state index in [1.807, 2.05) is 16.8 Å². The van der Waals surface area contributed by atoms with Crippen molar-refractivity contribution in [2.24, 2.45) is 18.9 Å². The molecule has 8 nitrogen and oxygen atoms in total. The van der Waals surface area contributed by atoms with Crippen molar-refractivity contribution in [1.82, 2.24) is 24.4 Å². The van der Waals surface area contributed by atoms with Crippen LogP contribution in [0.3, 0.4) is 0 Å². The smallest absolute Gasteiger partial charge is 0.255 e. The molecule has 0 radical (unpaired) electrons. The summed E-state index contributed by atoms with van der Waals surface area (Å²) in [7, 11) is 3.53. The van der Waals surface area contributed by atoms with Crippen molar-refractivity contribution in [3.8, 4) is 11.3 Å². The Kier molecular flexibility index (Phi) is 5.16. The third-order valence-electron chi connectivity index (χ3n) is 6.53. The van der Waals surface area contributed by atoms with Crippen LogP contribution in [0, 0.1) is 24.6 Å². The molecule has 3 aromatic rings. The molecule has 1 aliphatic carbocycles. The van der Waals surface area contributed by atoms with Crippen molar-refractivity contribution in [2.45, 2.75) is 13.0 Å². The van der Waals surface area contributed by atoms with E-state index in [1.54, 1.807) is 26.1 Å². The Morgan fingerprint density at radius 1 is 1.21 bits per heavy atom. The Balaban J connectivity index is 1.35. The minimum absolute atomic E-state index is 0.0586. The zero-order valence-corrected chi connectivity index (χ0v) is 19.1. The standard InChI is InChI=1S/C23H22ClFN6O2/c1-12-6-13(7-19(24)27-12)22(33)31-10-15-16(11-31)21(15)30(3)23-28-18(8-20(32)29(23)2)14-4-5-26-9-17(14)25/h4-9,15-16,21H,10-11H2,1-3H3/t15-,16+,21?. The van der Waals surface area contributed by atoms with E-state index in [0.29, 0.717) is 35.4 Å². The van der Waals surface area contributed by atoms with Gasteiger partial charge < -0.3 is 9.80 Å². The van der Waals surface area contributed by atoms with Gasteiger partial charge in [-0.1, -0.05) is 11.6 Å². The lowest BCUT2D eigenvalue weighted by molar-refractivity contribution is 0.0772. The molecule has 2 aliphatic rings. The Labute approximate surface area is 194 Å². The Bertz CT molecular complexity index is 1300. The summed E-state index contributed by atoms with van der Waals surface area (Å²) >= 11 is 6.01. The highest BCUT2D eigenvalue weighted by molar-refractivity contribution is 6.29. The number of nitrogens with zero attached hydrogens (tertiary/aromatic N) is 6. The summed E-state index contributed by atoms with van der Waals surface area (Å²) in [6.45, 7) is 3.03. The number of rotatable bonds is 4. The SMILES string of the molecule is Cc1cc(C(=O)N2C[C@@H]3C(N(C)c4nc(-c5ccncc5F)cc(=O)n4C)[C@@H]3C2)cc(Cl)n1. The van der Waals surface area contributed by atoms with Crippen molar-refractivity contribution in [1.29, 1.82) is 0 Å². The number of aromatic nitrogens is 4. The van der Waals surface area contributed by atoms with Gasteiger partial charge in [-0.2, -0.15) is 0 Å². The van der Waals surface area contributed by atoms with Gasteiger partial charge in [0.2, 0.25) is 5.95 Å². The number of likely N-dealkylation sites (tertiary alicyclic amines) is 1. The first-order valence-corrected chi connectivity index (χ1v) is 11.0. The van der Waals surface area contributed by atoms with Gasteiger partial charge in [0, 0.05) is 74.1 Å². The summed E-state index contributed by atoms with van der Waals surface area (Å²) in [6, 6.07) is 6.31. The van der Waals surface area contributed by atoms with E-state index in [4.69, 9.17) is 11.6 Å². The van der Waals surface area contributed by atoms with Crippen LogP contribution in [0.2, 0.25) is 5.15 Å². The maximum absolute atomic E-state index is 14.2. The molecule has 1 aliphatic heterocycles. The van der Waals surface area contributed by atoms with E-state index in [9.17, 15) is 14.0 Å². The fourth-order valence-electron chi connectivity index (χ4n) is 4.87. The molecule has 1 saturated heterocycles. The highest BCUT2D eigenvalue weighted by Crippen LogP contribution is 2.49. The average molecular weight is 469 g/mol. The fourth-order valence-corrected chi connectivity index (χ4v) is 5.12. The topological polar surface area (TPSA) is 84.2 Å². The van der Waals surface area contributed by atoms with Crippen LogP contribution in [0.15, 0.2) is 41.5 Å². The lowest BCUT2D eigenvalue weighted by Gasteiger charge is -2.26. The minimum atomic E-state index is -0.532. The van der Waals surface area contributed by atoms with Crippen LogP contribution < -0.4 is 10.5 Å². The number of amides is 1. The second-order valence-electron chi connectivity index (χ2n) is 8.65. The number of pyridine rings is 2. The minimum Gasteiger partial charge on any atom is -0.342 e. The molecule has 1 saturated carbocycles. The van der Waals surface area contributed by atoms with Crippen LogP contribution in [0.1, 0.15) is 16.1 Å². The number of hydrogen-bond donors (Lipinski definition) is 0. The van der Waals surface area contributed by atoms with Gasteiger partial charge in [0.1, 0.15) is 5.15 Å². The lowest BCUT2D eigenvalue weighted by Crippen LogP contribution is -2.38. The second-order valence-corrected chi connectivity index (χ2v) is 9.04. The molecule has 3 atom stereocenters. The van der Waals surface area contributed by atoms with Gasteiger partial charge in [-0.05, 0) is 25.1 Å². The largest absolute Gasteiger partial charge is 0.342 e. The summed E-state index contributed by atoms with van der Waals surface area (Å²) in [6.07, 6.45) is 2.57. The molecule has 5 rings (SSSR count). The summed E-state index contributed by atoms with van der Waals surface area (Å²) in [4.78, 5) is 41.8. The third kappa shape index (κ3) is 3.76. The molecule has 2 fully saturated rings. The maximum atomic E-state index is 14.2. The van der Waals surface area contributed by atoms with E-state index in [2.05, 4.69) is 15.0 Å². The monoisotopic (exact) mass is 468 g/mol. The first kappa shape index (κ1) is 21.5. The van der Waals surface area contributed by atoms with Gasteiger partial charge in [0.05, 0.1) is 11.9 Å². The first-order chi connectivity index (χ1) is 15.7. The number of piperidine rings is 1. The number of anilines is 1. The van der Waals surface area contributed by atoms with Gasteiger partial charge in [0.15, 0.2) is 5.82 Å². The Morgan fingerprint density at radius 3 is 2.61 bits per heavy atom. The van der Waals surface area contributed by atoms with Gasteiger partial charge in [-0.25, -0.2) is 14.4 Å². The summed E-state index contributed by atoms with van der Waals surface area (Å²) in [5.74, 6) is 0.418. The molecule has 4 heterocycles. The van der Waals surface area contributed by atoms with Crippen LogP contribution in [0.25, 0.3) is 11.3 Å². The fraction of sp³-hybridized carbons (Fsp3) is 0.348. The number of halogens is 2. The number of carbonyl (C=O) groups excluding carboxylic acids is 1.